The average Bonchev–Trinajstić information content (AvgIpc) is 3.81. The lowest BCUT2D eigenvalue weighted by molar-refractivity contribution is -0.343. The monoisotopic (exact) mass is 886 g/mol. The Hall–Kier alpha value is -0.980. The molecule has 354 valence electrons. The van der Waals surface area contributed by atoms with Crippen LogP contribution in [0.2, 0.25) is 0 Å². The van der Waals surface area contributed by atoms with E-state index in [-0.39, 0.29) is 47.5 Å². The maximum atomic E-state index is 11.4. The molecule has 0 aromatic rings. The first-order chi connectivity index (χ1) is 29.3. The van der Waals surface area contributed by atoms with Crippen LogP contribution in [0.3, 0.4) is 0 Å². The number of ether oxygens (including phenoxy) is 8. The van der Waals surface area contributed by atoms with Crippen LogP contribution in [-0.2, 0) is 37.9 Å². The largest absolute Gasteiger partial charge is 0.394 e. The molecule has 0 radical (unpaired) electrons. The highest BCUT2D eigenvalue weighted by molar-refractivity contribution is 5.29. The molecular formula is C44H70O18. The Morgan fingerprint density at radius 1 is 0.823 bits per heavy atom. The van der Waals surface area contributed by atoms with Gasteiger partial charge in [0.2, 0.25) is 0 Å². The van der Waals surface area contributed by atoms with E-state index in [0.717, 1.165) is 31.3 Å². The number of hydrogen-bond acceptors (Lipinski definition) is 18. The molecule has 5 aliphatic heterocycles. The summed E-state index contributed by atoms with van der Waals surface area (Å²) in [6, 6.07) is 0. The summed E-state index contributed by atoms with van der Waals surface area (Å²) in [5, 5.41) is 107. The lowest BCUT2D eigenvalue weighted by Crippen LogP contribution is -2.63. The Morgan fingerprint density at radius 3 is 2.24 bits per heavy atom. The fourth-order valence-corrected chi connectivity index (χ4v) is 13.8. The van der Waals surface area contributed by atoms with E-state index in [1.165, 1.54) is 0 Å². The molecule has 26 atom stereocenters. The highest BCUT2D eigenvalue weighted by Crippen LogP contribution is 2.71. The zero-order valence-corrected chi connectivity index (χ0v) is 36.3. The molecule has 9 rings (SSSR count). The van der Waals surface area contributed by atoms with Crippen molar-refractivity contribution in [1.82, 2.24) is 0 Å². The minimum absolute atomic E-state index is 0.00143. The summed E-state index contributed by atoms with van der Waals surface area (Å²) in [6.07, 6.45) is -12.1. The molecule has 0 aromatic carbocycles. The molecule has 5 heterocycles. The van der Waals surface area contributed by atoms with Crippen molar-refractivity contribution in [3.63, 3.8) is 0 Å². The third-order valence-electron chi connectivity index (χ3n) is 17.7. The summed E-state index contributed by atoms with van der Waals surface area (Å²) < 4.78 is 49.8. The summed E-state index contributed by atoms with van der Waals surface area (Å²) in [6.45, 7) is 8.98. The second-order valence-electron chi connectivity index (χ2n) is 20.9. The second kappa shape index (κ2) is 16.7. The fourth-order valence-electron chi connectivity index (χ4n) is 13.8. The van der Waals surface area contributed by atoms with Gasteiger partial charge in [-0.2, -0.15) is 0 Å². The molecule has 0 amide bonds. The summed E-state index contributed by atoms with van der Waals surface area (Å²) in [5.41, 5.74) is -1.56. The number of hydrogen-bond donors (Lipinski definition) is 10. The van der Waals surface area contributed by atoms with Gasteiger partial charge in [0.1, 0.15) is 54.4 Å². The Bertz CT molecular complexity index is 1650. The van der Waals surface area contributed by atoms with Crippen molar-refractivity contribution in [3.8, 4) is 0 Å². The molecule has 0 aromatic heterocycles. The normalized spacial score (nSPS) is 58.7. The average molecular weight is 887 g/mol. The molecule has 8 fully saturated rings. The minimum Gasteiger partial charge on any atom is -0.394 e. The fraction of sp³-hybridized carbons (Fsp3) is 0.955. The van der Waals surface area contributed by atoms with Crippen LogP contribution in [0.4, 0.5) is 0 Å². The van der Waals surface area contributed by atoms with Crippen molar-refractivity contribution in [2.24, 2.45) is 46.3 Å². The lowest BCUT2D eigenvalue weighted by atomic mass is 9.46. The van der Waals surface area contributed by atoms with Gasteiger partial charge in [-0.25, -0.2) is 0 Å². The SMILES string of the molecule is C[C@@H]1CO[C@]2(C[C@@H]1O)O[C@H]1C[C@H]3[C@@H]4CC=C5C[C@@H](O[C@@H]6O[C@H](CO)[C@@H](O[C@@H]7OC[C@](O)(CO)[C@H]7O)[C@H](O)[C@H]6O)C[C@@H](O[C@@H]6O[C@H](C)[C@H](O)[C@H](O)[C@H]6O)[C@]5(C)[C@H]4CC[C@]3(C)[C@H]1[C@@H]2C. The van der Waals surface area contributed by atoms with Crippen molar-refractivity contribution in [2.75, 3.05) is 26.4 Å². The first kappa shape index (κ1) is 46.1. The second-order valence-corrected chi connectivity index (χ2v) is 20.9. The molecule has 18 nitrogen and oxygen atoms in total. The van der Waals surface area contributed by atoms with Crippen LogP contribution in [0.5, 0.6) is 0 Å². The van der Waals surface area contributed by atoms with E-state index in [1.807, 2.05) is 6.92 Å². The summed E-state index contributed by atoms with van der Waals surface area (Å²) >= 11 is 0. The van der Waals surface area contributed by atoms with Gasteiger partial charge in [0.15, 0.2) is 24.7 Å². The van der Waals surface area contributed by atoms with Crippen molar-refractivity contribution in [3.05, 3.63) is 11.6 Å². The van der Waals surface area contributed by atoms with Gasteiger partial charge in [0.05, 0.1) is 56.9 Å². The van der Waals surface area contributed by atoms with Gasteiger partial charge in [-0.05, 0) is 68.1 Å². The molecule has 1 spiro atoms. The molecule has 9 aliphatic rings. The zero-order valence-electron chi connectivity index (χ0n) is 36.3. The molecule has 3 saturated carbocycles. The quantitative estimate of drug-likeness (QED) is 0.128. The van der Waals surface area contributed by atoms with E-state index < -0.39 is 129 Å². The summed E-state index contributed by atoms with van der Waals surface area (Å²) in [5.74, 6) is 0.350. The van der Waals surface area contributed by atoms with Gasteiger partial charge in [-0.15, -0.1) is 0 Å². The number of aliphatic hydroxyl groups excluding tert-OH is 9. The Labute approximate surface area is 362 Å². The third kappa shape index (κ3) is 7.12. The predicted molar refractivity (Wildman–Crippen MR) is 211 cm³/mol. The predicted octanol–water partition coefficient (Wildman–Crippen LogP) is -1.20. The molecular weight excluding hydrogens is 816 g/mol. The molecule has 18 heteroatoms. The van der Waals surface area contributed by atoms with E-state index in [0.29, 0.717) is 25.4 Å². The minimum atomic E-state index is -2.00. The van der Waals surface area contributed by atoms with Gasteiger partial charge < -0.3 is 89.0 Å². The maximum Gasteiger partial charge on any atom is 0.187 e. The van der Waals surface area contributed by atoms with E-state index in [1.54, 1.807) is 6.92 Å². The summed E-state index contributed by atoms with van der Waals surface area (Å²) in [4.78, 5) is 0. The Kier molecular flexibility index (Phi) is 12.4. The van der Waals surface area contributed by atoms with Crippen LogP contribution in [0.15, 0.2) is 11.6 Å². The number of aliphatic hydroxyl groups is 10. The highest BCUT2D eigenvalue weighted by Gasteiger charge is 2.70. The number of allylic oxidation sites excluding steroid dienone is 1. The van der Waals surface area contributed by atoms with Gasteiger partial charge in [0, 0.05) is 30.1 Å². The van der Waals surface area contributed by atoms with Crippen molar-refractivity contribution >= 4 is 0 Å². The van der Waals surface area contributed by atoms with Crippen LogP contribution in [0.1, 0.15) is 79.6 Å². The van der Waals surface area contributed by atoms with E-state index in [4.69, 9.17) is 37.9 Å². The van der Waals surface area contributed by atoms with Crippen LogP contribution in [0, 0.1) is 46.3 Å². The van der Waals surface area contributed by atoms with E-state index in [2.05, 4.69) is 26.8 Å². The van der Waals surface area contributed by atoms with Gasteiger partial charge in [-0.1, -0.05) is 39.3 Å². The Balaban J connectivity index is 0.959. The molecule has 5 saturated heterocycles. The van der Waals surface area contributed by atoms with Crippen LogP contribution >= 0.6 is 0 Å². The molecule has 10 N–H and O–H groups in total. The smallest absolute Gasteiger partial charge is 0.187 e. The maximum absolute atomic E-state index is 11.4. The van der Waals surface area contributed by atoms with Gasteiger partial charge >= 0.3 is 0 Å². The molecule has 0 unspecified atom stereocenters. The van der Waals surface area contributed by atoms with E-state index in [9.17, 15) is 51.1 Å². The van der Waals surface area contributed by atoms with Gasteiger partial charge in [0.25, 0.3) is 0 Å². The number of fused-ring (bicyclic) bond motifs is 7. The van der Waals surface area contributed by atoms with Crippen LogP contribution < -0.4 is 0 Å². The first-order valence-corrected chi connectivity index (χ1v) is 22.9. The van der Waals surface area contributed by atoms with Gasteiger partial charge in [-0.3, -0.25) is 0 Å². The van der Waals surface area contributed by atoms with Crippen LogP contribution in [-0.4, -0.2) is 187 Å². The highest BCUT2D eigenvalue weighted by atomic mass is 16.7. The zero-order chi connectivity index (χ0) is 44.4. The lowest BCUT2D eigenvalue weighted by Gasteiger charge is -2.61. The Morgan fingerprint density at radius 2 is 1.55 bits per heavy atom. The van der Waals surface area contributed by atoms with Crippen molar-refractivity contribution in [1.29, 1.82) is 0 Å². The standard InChI is InChI=1S/C44H70O18/c1-18-15-56-44(13-26(18)47)19(2)30-27(62-44)12-25-23-7-6-21-10-22(58-39-35(52)33(50)36(28(14-45)59-39)61-40-37(53)43(54,16-46)17-55-40)11-29(42(21,5)24(23)8-9-41(25,30)4)60-38-34(51)32(49)31(48)20(3)57-38/h6,18-20,22-40,45-54H,7-17H2,1-5H3/t18-,19+,20-,22-,23-,24+,25+,26+,27+,28-,29-,30+,31+,32+,33-,34-,35-,36-,37+,38+,39-,40+,41+,42+,43-,44-/m1/s1. The van der Waals surface area contributed by atoms with Crippen molar-refractivity contribution < 1.29 is 89.0 Å². The first-order valence-electron chi connectivity index (χ1n) is 22.9. The summed E-state index contributed by atoms with van der Waals surface area (Å²) in [7, 11) is 0. The molecule has 0 bridgehead atoms. The van der Waals surface area contributed by atoms with Crippen molar-refractivity contribution in [2.45, 2.75) is 189 Å². The number of rotatable bonds is 8. The van der Waals surface area contributed by atoms with Crippen LogP contribution in [0.25, 0.3) is 0 Å². The molecule has 4 aliphatic carbocycles. The molecule has 62 heavy (non-hydrogen) atoms. The van der Waals surface area contributed by atoms with E-state index >= 15 is 0 Å². The third-order valence-corrected chi connectivity index (χ3v) is 17.7. The topological polar surface area (TPSA) is 276 Å².